The molecule has 0 bridgehead atoms. The first-order valence-electron chi connectivity index (χ1n) is 11.6. The quantitative estimate of drug-likeness (QED) is 0.385. The summed E-state index contributed by atoms with van der Waals surface area (Å²) in [5.74, 6) is -0.829. The van der Waals surface area contributed by atoms with Gasteiger partial charge in [0.25, 0.3) is 11.7 Å². The van der Waals surface area contributed by atoms with Crippen LogP contribution in [0.25, 0.3) is 5.76 Å². The predicted molar refractivity (Wildman–Crippen MR) is 126 cm³/mol. The molecule has 1 saturated heterocycles. The van der Waals surface area contributed by atoms with Gasteiger partial charge in [0, 0.05) is 12.1 Å². The molecule has 4 rings (SSSR count). The number of benzene rings is 2. The molecular formula is C27H31NO5. The largest absolute Gasteiger partial charge is 0.507 e. The van der Waals surface area contributed by atoms with Gasteiger partial charge in [-0.15, -0.1) is 0 Å². The maximum atomic E-state index is 13.2. The number of ketones is 1. The molecule has 2 aromatic rings. The summed E-state index contributed by atoms with van der Waals surface area (Å²) in [6, 6.07) is 12.4. The lowest BCUT2D eigenvalue weighted by Gasteiger charge is -2.26. The first kappa shape index (κ1) is 23.1. The summed E-state index contributed by atoms with van der Waals surface area (Å²) >= 11 is 0. The zero-order chi connectivity index (χ0) is 23.5. The number of hydrogen-bond donors (Lipinski definition) is 1. The Hall–Kier alpha value is -3.12. The fourth-order valence-corrected chi connectivity index (χ4v) is 4.69. The molecule has 6 heteroatoms. The van der Waals surface area contributed by atoms with Crippen LogP contribution in [0.2, 0.25) is 0 Å². The van der Waals surface area contributed by atoms with E-state index in [4.69, 9.17) is 9.47 Å². The molecule has 0 aromatic heterocycles. The molecule has 0 saturated carbocycles. The smallest absolute Gasteiger partial charge is 0.295 e. The van der Waals surface area contributed by atoms with Gasteiger partial charge < -0.3 is 19.5 Å². The number of carbonyl (C=O) groups is 2. The third-order valence-electron chi connectivity index (χ3n) is 6.35. The predicted octanol–water partition coefficient (Wildman–Crippen LogP) is 4.42. The Bertz CT molecular complexity index is 1090. The Morgan fingerprint density at radius 2 is 1.85 bits per heavy atom. The molecule has 2 aromatic carbocycles. The van der Waals surface area contributed by atoms with Crippen LogP contribution in [0.4, 0.5) is 0 Å². The van der Waals surface area contributed by atoms with E-state index in [-0.39, 0.29) is 24.0 Å². The average Bonchev–Trinajstić information content (AvgIpc) is 3.08. The number of aliphatic hydroxyl groups is 1. The summed E-state index contributed by atoms with van der Waals surface area (Å²) in [4.78, 5) is 27.7. The van der Waals surface area contributed by atoms with Gasteiger partial charge in [-0.05, 0) is 74.4 Å². The zero-order valence-corrected chi connectivity index (χ0v) is 19.5. The molecule has 1 unspecified atom stereocenters. The number of hydrogen-bond acceptors (Lipinski definition) is 5. The number of nitrogens with zero attached hydrogens (tertiary/aromatic N) is 1. The normalized spacial score (nSPS) is 19.8. The standard InChI is InChI=1S/C27H31NO5/c1-17(2)33-14-13-28-24(20-9-6-10-22(16-20)32-3)23(26(30)27(28)31)25(29)21-12-11-18-7-4-5-8-19(18)15-21/h6,9-12,15-17,24,29H,4-5,7-8,13-14H2,1-3H3/b25-23-. The highest BCUT2D eigenvalue weighted by Crippen LogP contribution is 2.40. The number of fused-ring (bicyclic) bond motifs is 1. The van der Waals surface area contributed by atoms with Crippen LogP contribution in [0.1, 0.15) is 55.0 Å². The average molecular weight is 450 g/mol. The summed E-state index contributed by atoms with van der Waals surface area (Å²) in [5.41, 5.74) is 3.86. The van der Waals surface area contributed by atoms with Crippen molar-refractivity contribution in [3.05, 3.63) is 70.3 Å². The SMILES string of the molecule is COc1cccc(C2/C(=C(/O)c3ccc4c(c3)CCCC4)C(=O)C(=O)N2CCOC(C)C)c1. The second-order valence-corrected chi connectivity index (χ2v) is 8.88. The first-order chi connectivity index (χ1) is 15.9. The number of aliphatic hydroxyl groups excluding tert-OH is 1. The van der Waals surface area contributed by atoms with E-state index in [0.717, 1.165) is 25.7 Å². The fourth-order valence-electron chi connectivity index (χ4n) is 4.69. The third kappa shape index (κ3) is 4.67. The molecule has 1 aliphatic carbocycles. The van der Waals surface area contributed by atoms with Crippen LogP contribution in [0, 0.1) is 0 Å². The summed E-state index contributed by atoms with van der Waals surface area (Å²) in [6.07, 6.45) is 4.27. The van der Waals surface area contributed by atoms with Crippen molar-refractivity contribution in [1.29, 1.82) is 0 Å². The van der Waals surface area contributed by atoms with Crippen molar-refractivity contribution in [2.24, 2.45) is 0 Å². The Labute approximate surface area is 194 Å². The van der Waals surface area contributed by atoms with Crippen molar-refractivity contribution in [2.75, 3.05) is 20.3 Å². The molecule has 0 radical (unpaired) electrons. The minimum absolute atomic E-state index is 0.00702. The van der Waals surface area contributed by atoms with Crippen molar-refractivity contribution in [3.63, 3.8) is 0 Å². The molecule has 1 fully saturated rings. The van der Waals surface area contributed by atoms with Crippen LogP contribution in [-0.2, 0) is 27.2 Å². The van der Waals surface area contributed by atoms with E-state index in [2.05, 4.69) is 0 Å². The summed E-state index contributed by atoms with van der Waals surface area (Å²) < 4.78 is 11.0. The van der Waals surface area contributed by atoms with Gasteiger partial charge >= 0.3 is 0 Å². The second kappa shape index (κ2) is 9.79. The van der Waals surface area contributed by atoms with Gasteiger partial charge in [0.1, 0.15) is 11.5 Å². The van der Waals surface area contributed by atoms with Crippen LogP contribution >= 0.6 is 0 Å². The van der Waals surface area contributed by atoms with Gasteiger partial charge in [-0.25, -0.2) is 0 Å². The molecule has 1 heterocycles. The van der Waals surface area contributed by atoms with Crippen LogP contribution in [0.5, 0.6) is 5.75 Å². The molecular weight excluding hydrogens is 418 g/mol. The third-order valence-corrected chi connectivity index (χ3v) is 6.35. The molecule has 1 N–H and O–H groups in total. The number of likely N-dealkylation sites (tertiary alicyclic amines) is 1. The minimum atomic E-state index is -0.716. The highest BCUT2D eigenvalue weighted by Gasteiger charge is 2.46. The van der Waals surface area contributed by atoms with Crippen molar-refractivity contribution in [1.82, 2.24) is 4.90 Å². The number of ether oxygens (including phenoxy) is 2. The number of methoxy groups -OCH3 is 1. The number of Topliss-reactive ketones (excluding diaryl/α,β-unsaturated/α-hetero) is 1. The monoisotopic (exact) mass is 449 g/mol. The van der Waals surface area contributed by atoms with E-state index in [1.807, 2.05) is 44.2 Å². The van der Waals surface area contributed by atoms with Crippen molar-refractivity contribution in [2.45, 2.75) is 51.7 Å². The molecule has 174 valence electrons. The zero-order valence-electron chi connectivity index (χ0n) is 19.5. The van der Waals surface area contributed by atoms with E-state index in [1.165, 1.54) is 16.0 Å². The molecule has 33 heavy (non-hydrogen) atoms. The van der Waals surface area contributed by atoms with Crippen molar-refractivity contribution >= 4 is 17.4 Å². The molecule has 1 aliphatic heterocycles. The lowest BCUT2D eigenvalue weighted by atomic mass is 9.88. The Balaban J connectivity index is 1.79. The molecule has 2 aliphatic rings. The van der Waals surface area contributed by atoms with Gasteiger partial charge in [-0.2, -0.15) is 0 Å². The van der Waals surface area contributed by atoms with Gasteiger partial charge in [0.05, 0.1) is 31.4 Å². The lowest BCUT2D eigenvalue weighted by molar-refractivity contribution is -0.140. The van der Waals surface area contributed by atoms with E-state index < -0.39 is 17.7 Å². The van der Waals surface area contributed by atoms with Crippen molar-refractivity contribution in [3.8, 4) is 5.75 Å². The maximum Gasteiger partial charge on any atom is 0.295 e. The van der Waals surface area contributed by atoms with Gasteiger partial charge in [0.2, 0.25) is 0 Å². The fraction of sp³-hybridized carbons (Fsp3) is 0.407. The topological polar surface area (TPSA) is 76.1 Å². The lowest BCUT2D eigenvalue weighted by Crippen LogP contribution is -2.33. The van der Waals surface area contributed by atoms with Crippen LogP contribution in [0.3, 0.4) is 0 Å². The highest BCUT2D eigenvalue weighted by molar-refractivity contribution is 6.46. The maximum absolute atomic E-state index is 13.2. The van der Waals surface area contributed by atoms with Gasteiger partial charge in [0.15, 0.2) is 0 Å². The summed E-state index contributed by atoms with van der Waals surface area (Å²) in [6.45, 7) is 4.38. The van der Waals surface area contributed by atoms with Crippen LogP contribution < -0.4 is 4.74 Å². The van der Waals surface area contributed by atoms with Crippen LogP contribution in [0.15, 0.2) is 48.0 Å². The van der Waals surface area contributed by atoms with Crippen molar-refractivity contribution < 1.29 is 24.2 Å². The Morgan fingerprint density at radius 3 is 2.58 bits per heavy atom. The van der Waals surface area contributed by atoms with Gasteiger partial charge in [-0.1, -0.05) is 24.3 Å². The Kier molecular flexibility index (Phi) is 6.84. The second-order valence-electron chi connectivity index (χ2n) is 8.88. The molecule has 6 nitrogen and oxygen atoms in total. The van der Waals surface area contributed by atoms with Crippen LogP contribution in [-0.4, -0.2) is 48.1 Å². The summed E-state index contributed by atoms with van der Waals surface area (Å²) in [7, 11) is 1.57. The van der Waals surface area contributed by atoms with E-state index in [0.29, 0.717) is 23.5 Å². The number of amides is 1. The Morgan fingerprint density at radius 1 is 1.09 bits per heavy atom. The molecule has 1 atom stereocenters. The molecule has 0 spiro atoms. The van der Waals surface area contributed by atoms with Gasteiger partial charge in [-0.3, -0.25) is 9.59 Å². The van der Waals surface area contributed by atoms with E-state index >= 15 is 0 Å². The molecule has 1 amide bonds. The first-order valence-corrected chi connectivity index (χ1v) is 11.6. The number of aryl methyl sites for hydroxylation is 2. The number of rotatable bonds is 7. The highest BCUT2D eigenvalue weighted by atomic mass is 16.5. The summed E-state index contributed by atoms with van der Waals surface area (Å²) in [5, 5.41) is 11.3. The minimum Gasteiger partial charge on any atom is -0.507 e. The number of carbonyl (C=O) groups excluding carboxylic acids is 2. The van der Waals surface area contributed by atoms with E-state index in [1.54, 1.807) is 19.2 Å². The van der Waals surface area contributed by atoms with E-state index in [9.17, 15) is 14.7 Å².